The van der Waals surface area contributed by atoms with Crippen molar-refractivity contribution in [1.29, 1.82) is 0 Å². The molecule has 4 nitrogen and oxygen atoms in total. The molecule has 16 heavy (non-hydrogen) atoms. The molecule has 1 saturated heterocycles. The third-order valence-corrected chi connectivity index (χ3v) is 3.74. The van der Waals surface area contributed by atoms with Gasteiger partial charge in [0.1, 0.15) is 0 Å². The van der Waals surface area contributed by atoms with E-state index >= 15 is 0 Å². The van der Waals surface area contributed by atoms with Crippen LogP contribution in [0.15, 0.2) is 0 Å². The molecule has 1 amide bonds. The predicted molar refractivity (Wildman–Crippen MR) is 62.0 cm³/mol. The first kappa shape index (κ1) is 11.9. The molecule has 0 bridgehead atoms. The molecule has 4 heteroatoms. The van der Waals surface area contributed by atoms with Crippen LogP contribution in [0.2, 0.25) is 0 Å². The van der Waals surface area contributed by atoms with Crippen molar-refractivity contribution in [3.63, 3.8) is 0 Å². The topological polar surface area (TPSA) is 55.6 Å². The highest BCUT2D eigenvalue weighted by Gasteiger charge is 2.43. The van der Waals surface area contributed by atoms with E-state index in [-0.39, 0.29) is 12.0 Å². The van der Waals surface area contributed by atoms with Crippen molar-refractivity contribution in [2.24, 2.45) is 5.73 Å². The van der Waals surface area contributed by atoms with E-state index in [1.165, 1.54) is 0 Å². The normalized spacial score (nSPS) is 28.6. The number of ether oxygens (including phenoxy) is 1. The number of likely N-dealkylation sites (tertiary alicyclic amines) is 1. The zero-order valence-electron chi connectivity index (χ0n) is 10.1. The molecule has 1 aliphatic heterocycles. The number of carbonyl (C=O) groups is 1. The van der Waals surface area contributed by atoms with Crippen LogP contribution >= 0.6 is 0 Å². The van der Waals surface area contributed by atoms with Crippen molar-refractivity contribution in [3.8, 4) is 0 Å². The van der Waals surface area contributed by atoms with Crippen molar-refractivity contribution in [2.45, 2.75) is 50.7 Å². The summed E-state index contributed by atoms with van der Waals surface area (Å²) in [7, 11) is 0. The highest BCUT2D eigenvalue weighted by atomic mass is 16.5. The van der Waals surface area contributed by atoms with Gasteiger partial charge < -0.3 is 15.4 Å². The van der Waals surface area contributed by atoms with Crippen LogP contribution in [-0.2, 0) is 9.53 Å². The third kappa shape index (κ3) is 2.23. The Kier molecular flexibility index (Phi) is 3.50. The van der Waals surface area contributed by atoms with E-state index in [0.717, 1.165) is 51.8 Å². The average molecular weight is 226 g/mol. The number of hydrogen-bond donors (Lipinski definition) is 1. The Morgan fingerprint density at radius 2 is 2.25 bits per heavy atom. The van der Waals surface area contributed by atoms with Crippen molar-refractivity contribution < 1.29 is 9.53 Å². The molecule has 2 fully saturated rings. The zero-order chi connectivity index (χ0) is 11.6. The lowest BCUT2D eigenvalue weighted by molar-refractivity contribution is -0.144. The van der Waals surface area contributed by atoms with Crippen LogP contribution in [0.5, 0.6) is 0 Å². The minimum absolute atomic E-state index is 0.142. The highest BCUT2D eigenvalue weighted by Crippen LogP contribution is 2.31. The minimum Gasteiger partial charge on any atom is -0.377 e. The number of piperidine rings is 1. The van der Waals surface area contributed by atoms with E-state index in [4.69, 9.17) is 10.5 Å². The van der Waals surface area contributed by atoms with Gasteiger partial charge in [-0.15, -0.1) is 0 Å². The first-order chi connectivity index (χ1) is 7.65. The van der Waals surface area contributed by atoms with Crippen LogP contribution in [0, 0.1) is 0 Å². The van der Waals surface area contributed by atoms with E-state index in [0.29, 0.717) is 0 Å². The van der Waals surface area contributed by atoms with E-state index in [1.54, 1.807) is 0 Å². The van der Waals surface area contributed by atoms with Gasteiger partial charge in [0.15, 0.2) is 0 Å². The van der Waals surface area contributed by atoms with Gasteiger partial charge in [0.25, 0.3) is 0 Å². The summed E-state index contributed by atoms with van der Waals surface area (Å²) in [6, 6.07) is 0. The first-order valence-corrected chi connectivity index (χ1v) is 6.35. The SMILES string of the molecule is CCOC1CCCN(C(=O)C2(N)CCC2)C1. The fourth-order valence-corrected chi connectivity index (χ4v) is 2.58. The van der Waals surface area contributed by atoms with Gasteiger partial charge in [0, 0.05) is 19.7 Å². The Morgan fingerprint density at radius 3 is 2.81 bits per heavy atom. The summed E-state index contributed by atoms with van der Waals surface area (Å²) in [5.41, 5.74) is 5.52. The van der Waals surface area contributed by atoms with Crippen LogP contribution in [-0.4, -0.2) is 42.1 Å². The maximum Gasteiger partial charge on any atom is 0.242 e. The Morgan fingerprint density at radius 1 is 1.50 bits per heavy atom. The summed E-state index contributed by atoms with van der Waals surface area (Å²) in [5, 5.41) is 0. The smallest absolute Gasteiger partial charge is 0.242 e. The van der Waals surface area contributed by atoms with Crippen molar-refractivity contribution in [1.82, 2.24) is 4.90 Å². The average Bonchev–Trinajstić information content (AvgIpc) is 2.26. The summed E-state index contributed by atoms with van der Waals surface area (Å²) in [6.07, 6.45) is 5.10. The van der Waals surface area contributed by atoms with Gasteiger partial charge in [-0.1, -0.05) is 0 Å². The molecular weight excluding hydrogens is 204 g/mol. The molecule has 0 aromatic heterocycles. The molecule has 0 spiro atoms. The number of nitrogens with two attached hydrogens (primary N) is 1. The van der Waals surface area contributed by atoms with Gasteiger partial charge in [-0.2, -0.15) is 0 Å². The van der Waals surface area contributed by atoms with Gasteiger partial charge in [-0.3, -0.25) is 4.79 Å². The molecule has 1 unspecified atom stereocenters. The Balaban J connectivity index is 1.91. The van der Waals surface area contributed by atoms with Gasteiger partial charge in [-0.05, 0) is 39.0 Å². The molecule has 2 N–H and O–H groups in total. The maximum atomic E-state index is 12.2. The highest BCUT2D eigenvalue weighted by molar-refractivity contribution is 5.87. The molecule has 0 radical (unpaired) electrons. The van der Waals surface area contributed by atoms with E-state index in [1.807, 2.05) is 11.8 Å². The lowest BCUT2D eigenvalue weighted by atomic mass is 9.76. The van der Waals surface area contributed by atoms with Crippen molar-refractivity contribution >= 4 is 5.91 Å². The second-order valence-corrected chi connectivity index (χ2v) is 4.98. The summed E-state index contributed by atoms with van der Waals surface area (Å²) in [6.45, 7) is 4.30. The van der Waals surface area contributed by atoms with E-state index in [2.05, 4.69) is 0 Å². The fourth-order valence-electron chi connectivity index (χ4n) is 2.58. The molecule has 1 aliphatic carbocycles. The first-order valence-electron chi connectivity index (χ1n) is 6.35. The lowest BCUT2D eigenvalue weighted by Gasteiger charge is -2.42. The third-order valence-electron chi connectivity index (χ3n) is 3.74. The fraction of sp³-hybridized carbons (Fsp3) is 0.917. The number of nitrogens with zero attached hydrogens (tertiary/aromatic N) is 1. The summed E-state index contributed by atoms with van der Waals surface area (Å²) >= 11 is 0. The monoisotopic (exact) mass is 226 g/mol. The molecular formula is C12H22N2O2. The zero-order valence-corrected chi connectivity index (χ0v) is 10.1. The van der Waals surface area contributed by atoms with Crippen LogP contribution < -0.4 is 5.73 Å². The van der Waals surface area contributed by atoms with Crippen LogP contribution in [0.1, 0.15) is 39.0 Å². The quantitative estimate of drug-likeness (QED) is 0.777. The lowest BCUT2D eigenvalue weighted by Crippen LogP contribution is -2.61. The van der Waals surface area contributed by atoms with Crippen molar-refractivity contribution in [2.75, 3.05) is 19.7 Å². The summed E-state index contributed by atoms with van der Waals surface area (Å²) in [5.74, 6) is 0.142. The Hall–Kier alpha value is -0.610. The Labute approximate surface area is 97.1 Å². The minimum atomic E-state index is -0.548. The summed E-state index contributed by atoms with van der Waals surface area (Å²) in [4.78, 5) is 14.1. The van der Waals surface area contributed by atoms with Gasteiger partial charge in [0.2, 0.25) is 5.91 Å². The molecule has 92 valence electrons. The number of amides is 1. The van der Waals surface area contributed by atoms with Gasteiger partial charge in [-0.25, -0.2) is 0 Å². The number of hydrogen-bond acceptors (Lipinski definition) is 3. The molecule has 0 aromatic rings. The second kappa shape index (κ2) is 4.72. The standard InChI is InChI=1S/C12H22N2O2/c1-2-16-10-5-3-8-14(9-10)11(15)12(13)6-4-7-12/h10H,2-9,13H2,1H3. The molecule has 2 rings (SSSR count). The van der Waals surface area contributed by atoms with Crippen molar-refractivity contribution in [3.05, 3.63) is 0 Å². The van der Waals surface area contributed by atoms with E-state index in [9.17, 15) is 4.79 Å². The molecule has 1 saturated carbocycles. The number of carbonyl (C=O) groups excluding carboxylic acids is 1. The maximum absolute atomic E-state index is 12.2. The number of rotatable bonds is 3. The van der Waals surface area contributed by atoms with Gasteiger partial charge in [0.05, 0.1) is 11.6 Å². The molecule has 2 aliphatic rings. The molecule has 1 heterocycles. The Bertz CT molecular complexity index is 262. The molecule has 0 aromatic carbocycles. The van der Waals surface area contributed by atoms with Gasteiger partial charge >= 0.3 is 0 Å². The summed E-state index contributed by atoms with van der Waals surface area (Å²) < 4.78 is 5.59. The van der Waals surface area contributed by atoms with E-state index < -0.39 is 5.54 Å². The molecule has 1 atom stereocenters. The largest absolute Gasteiger partial charge is 0.377 e. The predicted octanol–water partition coefficient (Wildman–Crippen LogP) is 0.895. The van der Waals surface area contributed by atoms with Crippen LogP contribution in [0.25, 0.3) is 0 Å². The van der Waals surface area contributed by atoms with Crippen LogP contribution in [0.4, 0.5) is 0 Å². The second-order valence-electron chi connectivity index (χ2n) is 4.98. The van der Waals surface area contributed by atoms with Crippen LogP contribution in [0.3, 0.4) is 0 Å².